The highest BCUT2D eigenvalue weighted by Crippen LogP contribution is 2.24. The number of hydrogen-bond donors (Lipinski definition) is 0. The second kappa shape index (κ2) is 8.79. The van der Waals surface area contributed by atoms with Crippen molar-refractivity contribution in [2.24, 2.45) is 0 Å². The molecular formula is C19H23BrN2OS. The number of nitrogens with zero attached hydrogens (tertiary/aromatic N) is 2. The van der Waals surface area contributed by atoms with Gasteiger partial charge in [0.25, 0.3) is 5.91 Å². The Balaban J connectivity index is 1.46. The molecule has 1 aliphatic heterocycles. The molecule has 0 bridgehead atoms. The Morgan fingerprint density at radius 3 is 2.67 bits per heavy atom. The minimum atomic E-state index is 0.169. The van der Waals surface area contributed by atoms with Crippen LogP contribution in [-0.2, 0) is 6.42 Å². The van der Waals surface area contributed by atoms with E-state index in [2.05, 4.69) is 51.2 Å². The van der Waals surface area contributed by atoms with E-state index in [-0.39, 0.29) is 5.91 Å². The lowest BCUT2D eigenvalue weighted by Gasteiger charge is -2.21. The Labute approximate surface area is 156 Å². The predicted octanol–water partition coefficient (Wildman–Crippen LogP) is 4.29. The number of halogens is 1. The van der Waals surface area contributed by atoms with Gasteiger partial charge in [-0.25, -0.2) is 0 Å². The van der Waals surface area contributed by atoms with E-state index in [1.807, 2.05) is 16.3 Å². The molecule has 0 atom stereocenters. The number of hydrogen-bond acceptors (Lipinski definition) is 3. The molecule has 24 heavy (non-hydrogen) atoms. The Morgan fingerprint density at radius 2 is 1.92 bits per heavy atom. The van der Waals surface area contributed by atoms with Crippen LogP contribution in [0.25, 0.3) is 0 Å². The molecule has 0 N–H and O–H groups in total. The van der Waals surface area contributed by atoms with Gasteiger partial charge >= 0.3 is 0 Å². The molecule has 2 heterocycles. The smallest absolute Gasteiger partial charge is 0.265 e. The first kappa shape index (κ1) is 17.6. The maximum Gasteiger partial charge on any atom is 0.265 e. The van der Waals surface area contributed by atoms with Crippen LogP contribution in [0.4, 0.5) is 0 Å². The minimum Gasteiger partial charge on any atom is -0.337 e. The SMILES string of the molecule is O=C(c1sccc1Br)N1CCCN(CCCc2ccccc2)CC1. The highest BCUT2D eigenvalue weighted by Gasteiger charge is 2.22. The molecule has 1 fully saturated rings. The highest BCUT2D eigenvalue weighted by molar-refractivity contribution is 9.10. The maximum absolute atomic E-state index is 12.6. The van der Waals surface area contributed by atoms with Gasteiger partial charge in [0.15, 0.2) is 0 Å². The zero-order valence-electron chi connectivity index (χ0n) is 13.8. The van der Waals surface area contributed by atoms with Crippen LogP contribution in [0.1, 0.15) is 28.1 Å². The van der Waals surface area contributed by atoms with Crippen molar-refractivity contribution in [1.82, 2.24) is 9.80 Å². The van der Waals surface area contributed by atoms with Gasteiger partial charge in [-0.1, -0.05) is 30.3 Å². The molecule has 1 amide bonds. The van der Waals surface area contributed by atoms with Crippen LogP contribution in [0, 0.1) is 0 Å². The highest BCUT2D eigenvalue weighted by atomic mass is 79.9. The summed E-state index contributed by atoms with van der Waals surface area (Å²) in [6.45, 7) is 4.86. The minimum absolute atomic E-state index is 0.169. The first-order valence-electron chi connectivity index (χ1n) is 8.52. The molecular weight excluding hydrogens is 384 g/mol. The zero-order chi connectivity index (χ0) is 16.8. The van der Waals surface area contributed by atoms with Gasteiger partial charge in [0.05, 0.1) is 0 Å². The van der Waals surface area contributed by atoms with Gasteiger partial charge in [-0.15, -0.1) is 11.3 Å². The summed E-state index contributed by atoms with van der Waals surface area (Å²) in [5.41, 5.74) is 1.41. The summed E-state index contributed by atoms with van der Waals surface area (Å²) in [5, 5.41) is 1.96. The van der Waals surface area contributed by atoms with E-state index in [1.54, 1.807) is 0 Å². The van der Waals surface area contributed by atoms with Crippen LogP contribution < -0.4 is 0 Å². The molecule has 3 rings (SSSR count). The second-order valence-corrected chi connectivity index (χ2v) is 7.94. The summed E-state index contributed by atoms with van der Waals surface area (Å²) in [4.78, 5) is 18.0. The Bertz CT molecular complexity index is 658. The van der Waals surface area contributed by atoms with E-state index < -0.39 is 0 Å². The summed E-state index contributed by atoms with van der Waals surface area (Å²) in [5.74, 6) is 0.169. The third-order valence-electron chi connectivity index (χ3n) is 4.47. The molecule has 1 aromatic carbocycles. The molecule has 0 saturated carbocycles. The largest absolute Gasteiger partial charge is 0.337 e. The van der Waals surface area contributed by atoms with Crippen LogP contribution in [0.5, 0.6) is 0 Å². The number of benzene rings is 1. The summed E-state index contributed by atoms with van der Waals surface area (Å²) in [7, 11) is 0. The van der Waals surface area contributed by atoms with Crippen molar-refractivity contribution in [1.29, 1.82) is 0 Å². The van der Waals surface area contributed by atoms with Crippen molar-refractivity contribution in [2.75, 3.05) is 32.7 Å². The normalized spacial score (nSPS) is 16.1. The molecule has 1 aromatic heterocycles. The van der Waals surface area contributed by atoms with Gasteiger partial charge < -0.3 is 9.80 Å². The Hall–Kier alpha value is -1.17. The van der Waals surface area contributed by atoms with Gasteiger partial charge in [-0.05, 0) is 65.3 Å². The quantitative estimate of drug-likeness (QED) is 0.738. The average molecular weight is 407 g/mol. The molecule has 1 saturated heterocycles. The van der Waals surface area contributed by atoms with Crippen LogP contribution in [0.15, 0.2) is 46.3 Å². The first-order chi connectivity index (χ1) is 11.7. The van der Waals surface area contributed by atoms with Gasteiger partial charge in [0, 0.05) is 24.1 Å². The molecule has 2 aromatic rings. The fourth-order valence-electron chi connectivity index (χ4n) is 3.14. The van der Waals surface area contributed by atoms with Crippen LogP contribution in [0.2, 0.25) is 0 Å². The van der Waals surface area contributed by atoms with Crippen molar-refractivity contribution >= 4 is 33.2 Å². The fraction of sp³-hybridized carbons (Fsp3) is 0.421. The van der Waals surface area contributed by atoms with Crippen molar-refractivity contribution in [3.05, 3.63) is 56.7 Å². The summed E-state index contributed by atoms with van der Waals surface area (Å²) >= 11 is 4.99. The van der Waals surface area contributed by atoms with Crippen LogP contribution in [-0.4, -0.2) is 48.4 Å². The Kier molecular flexibility index (Phi) is 6.46. The molecule has 3 nitrogen and oxygen atoms in total. The third kappa shape index (κ3) is 4.68. The number of carbonyl (C=O) groups excluding carboxylic acids is 1. The van der Waals surface area contributed by atoms with Crippen molar-refractivity contribution in [3.63, 3.8) is 0 Å². The molecule has 1 aliphatic rings. The average Bonchev–Trinajstić information content (AvgIpc) is 2.89. The lowest BCUT2D eigenvalue weighted by atomic mass is 10.1. The monoisotopic (exact) mass is 406 g/mol. The van der Waals surface area contributed by atoms with E-state index in [9.17, 15) is 4.79 Å². The Morgan fingerprint density at radius 1 is 1.08 bits per heavy atom. The van der Waals surface area contributed by atoms with Gasteiger partial charge in [-0.3, -0.25) is 4.79 Å². The van der Waals surface area contributed by atoms with E-state index >= 15 is 0 Å². The van der Waals surface area contributed by atoms with E-state index in [0.717, 1.165) is 54.9 Å². The summed E-state index contributed by atoms with van der Waals surface area (Å²) in [6, 6.07) is 12.6. The molecule has 0 aliphatic carbocycles. The van der Waals surface area contributed by atoms with E-state index in [1.165, 1.54) is 23.3 Å². The lowest BCUT2D eigenvalue weighted by Crippen LogP contribution is -2.35. The first-order valence-corrected chi connectivity index (χ1v) is 10.2. The van der Waals surface area contributed by atoms with Gasteiger partial charge in [0.1, 0.15) is 4.88 Å². The molecule has 5 heteroatoms. The summed E-state index contributed by atoms with van der Waals surface area (Å²) in [6.07, 6.45) is 3.36. The van der Waals surface area contributed by atoms with Crippen molar-refractivity contribution in [3.8, 4) is 0 Å². The predicted molar refractivity (Wildman–Crippen MR) is 104 cm³/mol. The van der Waals surface area contributed by atoms with E-state index in [0.29, 0.717) is 0 Å². The van der Waals surface area contributed by atoms with Gasteiger partial charge in [0.2, 0.25) is 0 Å². The maximum atomic E-state index is 12.6. The topological polar surface area (TPSA) is 23.6 Å². The molecule has 0 unspecified atom stereocenters. The number of carbonyl (C=O) groups is 1. The fourth-order valence-corrected chi connectivity index (χ4v) is 4.65. The zero-order valence-corrected chi connectivity index (χ0v) is 16.2. The molecule has 0 spiro atoms. The van der Waals surface area contributed by atoms with E-state index in [4.69, 9.17) is 0 Å². The number of aryl methyl sites for hydroxylation is 1. The molecule has 128 valence electrons. The molecule has 0 radical (unpaired) electrons. The standard InChI is InChI=1S/C19H23BrN2OS/c20-17-9-15-24-18(17)19(23)22-12-5-11-21(13-14-22)10-4-8-16-6-2-1-3-7-16/h1-3,6-7,9,15H,4-5,8,10-14H2. The van der Waals surface area contributed by atoms with Gasteiger partial charge in [-0.2, -0.15) is 0 Å². The van der Waals surface area contributed by atoms with Crippen LogP contribution in [0.3, 0.4) is 0 Å². The van der Waals surface area contributed by atoms with Crippen molar-refractivity contribution < 1.29 is 4.79 Å². The van der Waals surface area contributed by atoms with Crippen molar-refractivity contribution in [2.45, 2.75) is 19.3 Å². The number of rotatable bonds is 5. The third-order valence-corrected chi connectivity index (χ3v) is 6.30. The lowest BCUT2D eigenvalue weighted by molar-refractivity contribution is 0.0765. The van der Waals surface area contributed by atoms with Crippen LogP contribution >= 0.6 is 27.3 Å². The summed E-state index contributed by atoms with van der Waals surface area (Å²) < 4.78 is 0.918. The number of amides is 1. The number of thiophene rings is 1. The second-order valence-electron chi connectivity index (χ2n) is 6.17.